The highest BCUT2D eigenvalue weighted by atomic mass is 32.1. The van der Waals surface area contributed by atoms with Crippen molar-refractivity contribution in [3.8, 4) is 17.0 Å². The Morgan fingerprint density at radius 2 is 1.43 bits per heavy atom. The number of ether oxygens (including phenoxy) is 1. The number of hydrogen-bond donors (Lipinski definition) is 0. The van der Waals surface area contributed by atoms with Crippen LogP contribution >= 0.6 is 11.3 Å². The first kappa shape index (κ1) is 28.2. The molecule has 0 spiro atoms. The monoisotopic (exact) mass is 522 g/mol. The lowest BCUT2D eigenvalue weighted by atomic mass is 9.80. The number of imidazole rings is 1. The summed E-state index contributed by atoms with van der Waals surface area (Å²) in [6, 6.07) is 8.56. The third-order valence-corrected chi connectivity index (χ3v) is 9.35. The van der Waals surface area contributed by atoms with Crippen molar-refractivity contribution in [3.63, 3.8) is 0 Å². The van der Waals surface area contributed by atoms with Crippen molar-refractivity contribution >= 4 is 16.3 Å². The van der Waals surface area contributed by atoms with E-state index in [1.165, 1.54) is 120 Å². The van der Waals surface area contributed by atoms with Crippen LogP contribution in [0.25, 0.3) is 16.2 Å². The number of rotatable bonds is 17. The fourth-order valence-corrected chi connectivity index (χ4v) is 6.84. The second-order valence-electron chi connectivity index (χ2n) is 11.5. The number of thiazole rings is 1. The second-order valence-corrected chi connectivity index (χ2v) is 12.5. The number of fused-ring (bicyclic) bond motifs is 1. The van der Waals surface area contributed by atoms with Crippen molar-refractivity contribution in [2.45, 2.75) is 123 Å². The van der Waals surface area contributed by atoms with Gasteiger partial charge in [-0.2, -0.15) is 0 Å². The van der Waals surface area contributed by atoms with E-state index in [4.69, 9.17) is 9.72 Å². The Labute approximate surface area is 230 Å². The van der Waals surface area contributed by atoms with Crippen LogP contribution in [-0.4, -0.2) is 16.0 Å². The number of benzene rings is 1. The molecule has 0 aliphatic heterocycles. The van der Waals surface area contributed by atoms with Gasteiger partial charge in [0.15, 0.2) is 4.96 Å². The zero-order chi connectivity index (χ0) is 25.7. The topological polar surface area (TPSA) is 26.5 Å². The molecule has 0 radical (unpaired) electrons. The van der Waals surface area contributed by atoms with Crippen LogP contribution in [0, 0.1) is 11.8 Å². The van der Waals surface area contributed by atoms with Gasteiger partial charge < -0.3 is 4.74 Å². The number of hydrogen-bond acceptors (Lipinski definition) is 3. The quantitative estimate of drug-likeness (QED) is 0.165. The molecule has 0 saturated heterocycles. The van der Waals surface area contributed by atoms with E-state index in [2.05, 4.69) is 54.9 Å². The number of aryl methyl sites for hydroxylation is 1. The van der Waals surface area contributed by atoms with Crippen LogP contribution in [0.3, 0.4) is 0 Å². The van der Waals surface area contributed by atoms with E-state index in [0.29, 0.717) is 0 Å². The standard InChI is InChI=1S/C33H50N2OS/c1-3-5-7-9-11-12-14-27-16-18-28(19-17-27)26-36-30-22-20-29(21-23-30)32-25-35-24-31(37-33(35)34-32)15-13-10-8-6-4-2/h20-25,27-28H,3-19,26H2,1-2H3/t27-,28-. The Morgan fingerprint density at radius 1 is 0.784 bits per heavy atom. The molecule has 2 heterocycles. The molecule has 4 heteroatoms. The molecule has 2 aromatic heterocycles. The van der Waals surface area contributed by atoms with E-state index < -0.39 is 0 Å². The highest BCUT2D eigenvalue weighted by Gasteiger charge is 2.21. The summed E-state index contributed by atoms with van der Waals surface area (Å²) >= 11 is 1.84. The number of aromatic nitrogens is 2. The first-order valence-corrected chi connectivity index (χ1v) is 16.3. The van der Waals surface area contributed by atoms with E-state index in [9.17, 15) is 0 Å². The summed E-state index contributed by atoms with van der Waals surface area (Å²) in [6.07, 6.45) is 27.7. The summed E-state index contributed by atoms with van der Waals surface area (Å²) in [5.74, 6) is 2.68. The lowest BCUT2D eigenvalue weighted by Crippen LogP contribution is -2.20. The molecule has 1 aliphatic carbocycles. The van der Waals surface area contributed by atoms with Crippen LogP contribution in [0.1, 0.15) is 121 Å². The van der Waals surface area contributed by atoms with Gasteiger partial charge in [-0.15, -0.1) is 11.3 Å². The molecule has 0 amide bonds. The van der Waals surface area contributed by atoms with Crippen molar-refractivity contribution in [3.05, 3.63) is 41.5 Å². The van der Waals surface area contributed by atoms with Crippen LogP contribution < -0.4 is 4.74 Å². The largest absolute Gasteiger partial charge is 0.493 e. The van der Waals surface area contributed by atoms with Gasteiger partial charge >= 0.3 is 0 Å². The molecule has 4 rings (SSSR count). The highest BCUT2D eigenvalue weighted by Crippen LogP contribution is 2.33. The number of nitrogens with zero attached hydrogens (tertiary/aromatic N) is 2. The maximum Gasteiger partial charge on any atom is 0.194 e. The Balaban J connectivity index is 1.15. The minimum Gasteiger partial charge on any atom is -0.493 e. The van der Waals surface area contributed by atoms with E-state index in [1.807, 2.05) is 11.3 Å². The SMILES string of the molecule is CCCCCCCC[C@H]1CC[C@H](COc2ccc(-c3cn4cc(CCCCCCC)sc4n3)cc2)CC1. The van der Waals surface area contributed by atoms with Crippen molar-refractivity contribution in [2.75, 3.05) is 6.61 Å². The molecule has 0 bridgehead atoms. The minimum atomic E-state index is 0.723. The summed E-state index contributed by atoms with van der Waals surface area (Å²) in [5, 5.41) is 0. The molecule has 3 aromatic rings. The summed E-state index contributed by atoms with van der Waals surface area (Å²) in [7, 11) is 0. The van der Waals surface area contributed by atoms with Crippen LogP contribution in [0.4, 0.5) is 0 Å². The van der Waals surface area contributed by atoms with Gasteiger partial charge in [-0.05, 0) is 61.8 Å². The zero-order valence-electron chi connectivity index (χ0n) is 23.6. The summed E-state index contributed by atoms with van der Waals surface area (Å²) in [6.45, 7) is 5.44. The molecule has 0 atom stereocenters. The van der Waals surface area contributed by atoms with Gasteiger partial charge in [0, 0.05) is 22.8 Å². The first-order valence-electron chi connectivity index (χ1n) is 15.5. The molecular weight excluding hydrogens is 472 g/mol. The predicted octanol–water partition coefficient (Wildman–Crippen LogP) is 10.5. The second kappa shape index (κ2) is 15.6. The first-order chi connectivity index (χ1) is 18.2. The van der Waals surface area contributed by atoms with Gasteiger partial charge in [-0.1, -0.05) is 97.3 Å². The lowest BCUT2D eigenvalue weighted by Gasteiger charge is -2.28. The summed E-state index contributed by atoms with van der Waals surface area (Å²) < 4.78 is 8.41. The van der Waals surface area contributed by atoms with E-state index in [0.717, 1.165) is 34.8 Å². The molecule has 1 aromatic carbocycles. The fraction of sp³-hybridized carbons (Fsp3) is 0.667. The van der Waals surface area contributed by atoms with Gasteiger partial charge in [0.2, 0.25) is 0 Å². The van der Waals surface area contributed by atoms with Crippen LogP contribution in [0.15, 0.2) is 36.7 Å². The van der Waals surface area contributed by atoms with Crippen molar-refractivity contribution in [1.29, 1.82) is 0 Å². The van der Waals surface area contributed by atoms with Crippen molar-refractivity contribution < 1.29 is 4.74 Å². The average molecular weight is 523 g/mol. The third-order valence-electron chi connectivity index (χ3n) is 8.30. The van der Waals surface area contributed by atoms with Crippen molar-refractivity contribution in [2.24, 2.45) is 11.8 Å². The Kier molecular flexibility index (Phi) is 11.9. The molecule has 37 heavy (non-hydrogen) atoms. The molecule has 0 N–H and O–H groups in total. The normalized spacial score (nSPS) is 18.0. The van der Waals surface area contributed by atoms with E-state index >= 15 is 0 Å². The summed E-state index contributed by atoms with van der Waals surface area (Å²) in [4.78, 5) is 7.45. The van der Waals surface area contributed by atoms with Gasteiger partial charge in [-0.3, -0.25) is 4.40 Å². The molecule has 1 saturated carbocycles. The van der Waals surface area contributed by atoms with Crippen molar-refractivity contribution in [1.82, 2.24) is 9.38 Å². The Bertz CT molecular complexity index is 981. The molecule has 0 unspecified atom stereocenters. The van der Waals surface area contributed by atoms with Gasteiger partial charge in [0.05, 0.1) is 12.3 Å². The summed E-state index contributed by atoms with van der Waals surface area (Å²) in [5.41, 5.74) is 2.22. The maximum atomic E-state index is 6.21. The molecule has 1 aliphatic rings. The minimum absolute atomic E-state index is 0.723. The molecule has 3 nitrogen and oxygen atoms in total. The number of unbranched alkanes of at least 4 members (excludes halogenated alkanes) is 9. The van der Waals surface area contributed by atoms with Gasteiger partial charge in [-0.25, -0.2) is 4.98 Å². The fourth-order valence-electron chi connectivity index (χ4n) is 5.84. The molecular formula is C33H50N2OS. The van der Waals surface area contributed by atoms with E-state index in [1.54, 1.807) is 0 Å². The molecule has 1 fully saturated rings. The smallest absolute Gasteiger partial charge is 0.194 e. The zero-order valence-corrected chi connectivity index (χ0v) is 24.4. The Hall–Kier alpha value is -1.81. The van der Waals surface area contributed by atoms with Gasteiger partial charge in [0.1, 0.15) is 5.75 Å². The third kappa shape index (κ3) is 9.16. The predicted molar refractivity (Wildman–Crippen MR) is 160 cm³/mol. The maximum absolute atomic E-state index is 6.21. The molecule has 204 valence electrons. The highest BCUT2D eigenvalue weighted by molar-refractivity contribution is 7.17. The van der Waals surface area contributed by atoms with Crippen LogP contribution in [0.5, 0.6) is 5.75 Å². The Morgan fingerprint density at radius 3 is 2.14 bits per heavy atom. The van der Waals surface area contributed by atoms with E-state index in [-0.39, 0.29) is 0 Å². The lowest BCUT2D eigenvalue weighted by molar-refractivity contribution is 0.177. The van der Waals surface area contributed by atoms with Crippen LogP contribution in [0.2, 0.25) is 0 Å². The van der Waals surface area contributed by atoms with Crippen LogP contribution in [-0.2, 0) is 6.42 Å². The average Bonchev–Trinajstić information content (AvgIpc) is 3.49. The van der Waals surface area contributed by atoms with Gasteiger partial charge in [0.25, 0.3) is 0 Å².